The quantitative estimate of drug-likeness (QED) is 0.652. The molecular formula is C13H14N4O4S2. The van der Waals surface area contributed by atoms with Gasteiger partial charge in [0.25, 0.3) is 5.69 Å². The Morgan fingerprint density at radius 3 is 2.65 bits per heavy atom. The van der Waals surface area contributed by atoms with Crippen molar-refractivity contribution in [2.24, 2.45) is 5.73 Å². The van der Waals surface area contributed by atoms with E-state index in [-0.39, 0.29) is 17.1 Å². The monoisotopic (exact) mass is 354 g/mol. The highest BCUT2D eigenvalue weighted by molar-refractivity contribution is 7.89. The predicted molar refractivity (Wildman–Crippen MR) is 84.4 cm³/mol. The number of nitrogens with zero attached hydrogens (tertiary/aromatic N) is 3. The summed E-state index contributed by atoms with van der Waals surface area (Å²) in [5, 5.41) is 11.5. The maximum Gasteiger partial charge on any atom is 0.269 e. The molecular weight excluding hydrogens is 340 g/mol. The van der Waals surface area contributed by atoms with Crippen LogP contribution in [0.15, 0.2) is 29.2 Å². The highest BCUT2D eigenvalue weighted by atomic mass is 32.2. The van der Waals surface area contributed by atoms with Crippen LogP contribution in [0.2, 0.25) is 0 Å². The number of non-ortho nitro benzene ring substituents is 1. The summed E-state index contributed by atoms with van der Waals surface area (Å²) in [6.07, 6.45) is 0.596. The summed E-state index contributed by atoms with van der Waals surface area (Å²) < 4.78 is 26.7. The molecule has 10 heteroatoms. The zero-order valence-corrected chi connectivity index (χ0v) is 13.6. The first-order valence-corrected chi connectivity index (χ1v) is 9.09. The molecule has 0 amide bonds. The molecule has 0 fully saturated rings. The molecule has 2 aromatic rings. The fraction of sp³-hybridized carbons (Fsp3) is 0.308. The third-order valence-corrected chi connectivity index (χ3v) is 6.64. The summed E-state index contributed by atoms with van der Waals surface area (Å²) in [6, 6.07) is 4.90. The van der Waals surface area contributed by atoms with Gasteiger partial charge >= 0.3 is 0 Å². The number of aromatic nitrogens is 1. The van der Waals surface area contributed by atoms with Gasteiger partial charge < -0.3 is 5.73 Å². The van der Waals surface area contributed by atoms with E-state index in [1.54, 1.807) is 0 Å². The van der Waals surface area contributed by atoms with Gasteiger partial charge in [-0.15, -0.1) is 11.3 Å². The van der Waals surface area contributed by atoms with E-state index < -0.39 is 14.9 Å². The number of hydrogen-bond donors (Lipinski definition) is 1. The molecule has 0 saturated heterocycles. The van der Waals surface area contributed by atoms with E-state index in [1.165, 1.54) is 39.9 Å². The summed E-state index contributed by atoms with van der Waals surface area (Å²) in [7, 11) is -3.70. The van der Waals surface area contributed by atoms with Crippen molar-refractivity contribution in [1.29, 1.82) is 0 Å². The first-order chi connectivity index (χ1) is 10.9. The van der Waals surface area contributed by atoms with Gasteiger partial charge in [-0.05, 0) is 18.6 Å². The predicted octanol–water partition coefficient (Wildman–Crippen LogP) is 1.26. The first kappa shape index (κ1) is 16.0. The maximum atomic E-state index is 12.7. The van der Waals surface area contributed by atoms with Crippen molar-refractivity contribution in [3.8, 4) is 0 Å². The minimum atomic E-state index is -3.70. The molecule has 0 unspecified atom stereocenters. The normalized spacial score (nSPS) is 15.3. The lowest BCUT2D eigenvalue weighted by Gasteiger charge is -2.25. The van der Waals surface area contributed by atoms with Crippen molar-refractivity contribution in [2.75, 3.05) is 6.54 Å². The van der Waals surface area contributed by atoms with Crippen molar-refractivity contribution < 1.29 is 13.3 Å². The highest BCUT2D eigenvalue weighted by Crippen LogP contribution is 2.29. The maximum absolute atomic E-state index is 12.7. The van der Waals surface area contributed by atoms with E-state index in [2.05, 4.69) is 4.98 Å². The molecule has 0 radical (unpaired) electrons. The molecule has 0 spiro atoms. The number of benzene rings is 1. The minimum absolute atomic E-state index is 0.0424. The molecule has 1 aromatic carbocycles. The number of rotatable bonds is 4. The lowest BCUT2D eigenvalue weighted by atomic mass is 10.2. The van der Waals surface area contributed by atoms with E-state index in [1.807, 2.05) is 0 Å². The van der Waals surface area contributed by atoms with Crippen molar-refractivity contribution in [3.05, 3.63) is 50.0 Å². The Hall–Kier alpha value is -1.88. The molecule has 0 aliphatic carbocycles. The van der Waals surface area contributed by atoms with Crippen molar-refractivity contribution >= 4 is 27.0 Å². The van der Waals surface area contributed by atoms with Gasteiger partial charge in [-0.1, -0.05) is 0 Å². The Balaban J connectivity index is 1.87. The molecule has 3 rings (SSSR count). The largest absolute Gasteiger partial charge is 0.325 e. The molecule has 0 saturated carbocycles. The van der Waals surface area contributed by atoms with Gasteiger partial charge in [-0.2, -0.15) is 4.31 Å². The lowest BCUT2D eigenvalue weighted by Crippen LogP contribution is -2.35. The van der Waals surface area contributed by atoms with Crippen LogP contribution in [0.5, 0.6) is 0 Å². The lowest BCUT2D eigenvalue weighted by molar-refractivity contribution is -0.384. The Bertz CT molecular complexity index is 845. The third kappa shape index (κ3) is 2.98. The first-order valence-electron chi connectivity index (χ1n) is 6.84. The number of sulfonamides is 1. The second-order valence-corrected chi connectivity index (χ2v) is 8.13. The molecule has 1 aliphatic heterocycles. The summed E-state index contributed by atoms with van der Waals surface area (Å²) in [4.78, 5) is 15.6. The Kier molecular flexibility index (Phi) is 4.15. The van der Waals surface area contributed by atoms with Gasteiger partial charge in [-0.25, -0.2) is 13.4 Å². The van der Waals surface area contributed by atoms with Crippen LogP contribution in [0.25, 0.3) is 0 Å². The second-order valence-electron chi connectivity index (χ2n) is 5.02. The minimum Gasteiger partial charge on any atom is -0.325 e. The van der Waals surface area contributed by atoms with Crippen LogP contribution in [-0.4, -0.2) is 29.2 Å². The molecule has 1 aromatic heterocycles. The van der Waals surface area contributed by atoms with E-state index in [0.717, 1.165) is 15.6 Å². The number of hydrogen-bond acceptors (Lipinski definition) is 7. The fourth-order valence-electron chi connectivity index (χ4n) is 2.41. The van der Waals surface area contributed by atoms with Crippen molar-refractivity contribution in [2.45, 2.75) is 24.4 Å². The van der Waals surface area contributed by atoms with Gasteiger partial charge in [-0.3, -0.25) is 10.1 Å². The van der Waals surface area contributed by atoms with Crippen LogP contribution in [-0.2, 0) is 29.5 Å². The molecule has 23 heavy (non-hydrogen) atoms. The molecule has 2 heterocycles. The molecule has 0 atom stereocenters. The van der Waals surface area contributed by atoms with Gasteiger partial charge in [0.1, 0.15) is 5.01 Å². The average molecular weight is 354 g/mol. The number of thiazole rings is 1. The summed E-state index contributed by atoms with van der Waals surface area (Å²) in [6.45, 7) is 0.899. The molecule has 0 bridgehead atoms. The second kappa shape index (κ2) is 5.96. The van der Waals surface area contributed by atoms with Crippen LogP contribution >= 0.6 is 11.3 Å². The topological polar surface area (TPSA) is 119 Å². The smallest absolute Gasteiger partial charge is 0.269 e. The SMILES string of the molecule is NCc1nc2c(s1)CCN(S(=O)(=O)c1ccc([N+](=O)[O-])cc1)C2. The number of nitrogens with two attached hydrogens (primary N) is 1. The molecule has 2 N–H and O–H groups in total. The van der Waals surface area contributed by atoms with Crippen LogP contribution in [0.4, 0.5) is 5.69 Å². The summed E-state index contributed by atoms with van der Waals surface area (Å²) >= 11 is 1.52. The molecule has 1 aliphatic rings. The summed E-state index contributed by atoms with van der Waals surface area (Å²) in [5.41, 5.74) is 6.17. The van der Waals surface area contributed by atoms with Crippen molar-refractivity contribution in [1.82, 2.24) is 9.29 Å². The number of nitro benzene ring substituents is 1. The zero-order valence-electron chi connectivity index (χ0n) is 12.0. The summed E-state index contributed by atoms with van der Waals surface area (Å²) in [5.74, 6) is 0. The van der Waals surface area contributed by atoms with Crippen molar-refractivity contribution in [3.63, 3.8) is 0 Å². The van der Waals surface area contributed by atoms with E-state index in [0.29, 0.717) is 19.5 Å². The highest BCUT2D eigenvalue weighted by Gasteiger charge is 2.30. The Labute approximate surface area is 136 Å². The van der Waals surface area contributed by atoms with Gasteiger partial charge in [0.05, 0.1) is 22.1 Å². The van der Waals surface area contributed by atoms with Crippen LogP contribution in [0, 0.1) is 10.1 Å². The Morgan fingerprint density at radius 2 is 2.04 bits per heavy atom. The Morgan fingerprint density at radius 1 is 1.35 bits per heavy atom. The third-order valence-electron chi connectivity index (χ3n) is 3.60. The van der Waals surface area contributed by atoms with Crippen LogP contribution in [0.1, 0.15) is 15.6 Å². The van der Waals surface area contributed by atoms with Gasteiger partial charge in [0.2, 0.25) is 10.0 Å². The van der Waals surface area contributed by atoms with Crippen LogP contribution < -0.4 is 5.73 Å². The van der Waals surface area contributed by atoms with Crippen LogP contribution in [0.3, 0.4) is 0 Å². The molecule has 8 nitrogen and oxygen atoms in total. The number of nitro groups is 1. The fourth-order valence-corrected chi connectivity index (χ4v) is 4.76. The van der Waals surface area contributed by atoms with E-state index in [9.17, 15) is 18.5 Å². The van der Waals surface area contributed by atoms with Gasteiger partial charge in [0, 0.05) is 30.1 Å². The zero-order chi connectivity index (χ0) is 16.6. The average Bonchev–Trinajstić information content (AvgIpc) is 2.97. The van der Waals surface area contributed by atoms with E-state index >= 15 is 0 Å². The standard InChI is InChI=1S/C13H14N4O4S2/c14-7-13-15-11-8-16(6-5-12(11)22-13)23(20,21)10-3-1-9(2-4-10)17(18)19/h1-4H,5-8,14H2. The van der Waals surface area contributed by atoms with Gasteiger partial charge in [0.15, 0.2) is 0 Å². The van der Waals surface area contributed by atoms with E-state index in [4.69, 9.17) is 5.73 Å². The molecule has 122 valence electrons. The number of fused-ring (bicyclic) bond motifs is 1.